The van der Waals surface area contributed by atoms with Crippen molar-refractivity contribution < 1.29 is 14.3 Å². The lowest BCUT2D eigenvalue weighted by Crippen LogP contribution is -2.34. The second kappa shape index (κ2) is 10.7. The first kappa shape index (κ1) is 24.4. The number of carbonyl (C=O) groups excluding carboxylic acids is 1. The molecule has 2 amide bonds. The molecule has 0 saturated carbocycles. The number of benzene rings is 2. The van der Waals surface area contributed by atoms with Crippen molar-refractivity contribution in [3.63, 3.8) is 0 Å². The summed E-state index contributed by atoms with van der Waals surface area (Å²) in [6.45, 7) is 1.50. The number of halogens is 3. The van der Waals surface area contributed by atoms with Gasteiger partial charge in [0, 0.05) is 16.8 Å². The van der Waals surface area contributed by atoms with Gasteiger partial charge in [0.2, 0.25) is 5.95 Å². The Kier molecular flexibility index (Phi) is 7.45. The van der Waals surface area contributed by atoms with Gasteiger partial charge in [0.25, 0.3) is 0 Å². The lowest BCUT2D eigenvalue weighted by atomic mass is 10.1. The van der Waals surface area contributed by atoms with Gasteiger partial charge in [0.05, 0.1) is 41.4 Å². The molecule has 4 N–H and O–H groups in total. The molecule has 0 aliphatic heterocycles. The summed E-state index contributed by atoms with van der Waals surface area (Å²) in [7, 11) is 0. The maximum Gasteiger partial charge on any atom is 0.319 e. The molecule has 0 spiro atoms. The van der Waals surface area contributed by atoms with Gasteiger partial charge in [-0.25, -0.2) is 18.9 Å². The molecule has 12 heteroatoms. The number of amides is 2. The number of hydrogen-bond acceptors (Lipinski definition) is 6. The number of aromatic nitrogens is 4. The van der Waals surface area contributed by atoms with E-state index >= 15 is 0 Å². The number of aliphatic hydroxyl groups is 1. The summed E-state index contributed by atoms with van der Waals surface area (Å²) >= 11 is 12.1. The summed E-state index contributed by atoms with van der Waals surface area (Å²) in [4.78, 5) is 21.2. The largest absolute Gasteiger partial charge is 0.394 e. The first-order valence-corrected chi connectivity index (χ1v) is 11.1. The van der Waals surface area contributed by atoms with Crippen LogP contribution < -0.4 is 16.0 Å². The molecule has 0 aliphatic carbocycles. The monoisotopic (exact) mass is 515 g/mol. The van der Waals surface area contributed by atoms with Crippen LogP contribution >= 0.6 is 23.2 Å². The SMILES string of the molecule is Cc1cnc(Nc2ccc(F)cc2Cl)nc1-n1cc(NC(=O)NC(CO)c2cccc(Cl)c2)cn1. The summed E-state index contributed by atoms with van der Waals surface area (Å²) in [6, 6.07) is 9.64. The molecule has 4 rings (SSSR count). The molecule has 2 aromatic carbocycles. The molecule has 4 aromatic rings. The third kappa shape index (κ3) is 6.04. The van der Waals surface area contributed by atoms with Gasteiger partial charge < -0.3 is 21.1 Å². The van der Waals surface area contributed by atoms with Crippen molar-refractivity contribution in [1.29, 1.82) is 0 Å². The van der Waals surface area contributed by atoms with Gasteiger partial charge >= 0.3 is 6.03 Å². The second-order valence-electron chi connectivity index (χ2n) is 7.51. The van der Waals surface area contributed by atoms with E-state index in [0.29, 0.717) is 27.8 Å². The number of rotatable bonds is 7. The molecule has 0 radical (unpaired) electrons. The first-order valence-electron chi connectivity index (χ1n) is 10.4. The molecule has 2 heterocycles. The predicted molar refractivity (Wildman–Crippen MR) is 132 cm³/mol. The Morgan fingerprint density at radius 1 is 1.20 bits per heavy atom. The number of nitrogens with one attached hydrogen (secondary N) is 3. The Bertz CT molecular complexity index is 1370. The van der Waals surface area contributed by atoms with Crippen molar-refractivity contribution >= 4 is 46.6 Å². The van der Waals surface area contributed by atoms with Gasteiger partial charge in [-0.1, -0.05) is 35.3 Å². The predicted octanol–water partition coefficient (Wildman–Crippen LogP) is 5.02. The minimum atomic E-state index is -0.639. The van der Waals surface area contributed by atoms with E-state index < -0.39 is 17.9 Å². The first-order chi connectivity index (χ1) is 16.8. The van der Waals surface area contributed by atoms with Crippen LogP contribution in [0.5, 0.6) is 0 Å². The van der Waals surface area contributed by atoms with E-state index in [9.17, 15) is 14.3 Å². The average Bonchev–Trinajstić information content (AvgIpc) is 3.28. The highest BCUT2D eigenvalue weighted by Gasteiger charge is 2.16. The Morgan fingerprint density at radius 2 is 2.03 bits per heavy atom. The van der Waals surface area contributed by atoms with Gasteiger partial charge in [-0.15, -0.1) is 0 Å². The lowest BCUT2D eigenvalue weighted by Gasteiger charge is -2.17. The number of anilines is 3. The van der Waals surface area contributed by atoms with Crippen LogP contribution in [0.1, 0.15) is 17.2 Å². The maximum atomic E-state index is 13.3. The number of hydrogen-bond donors (Lipinski definition) is 4. The fourth-order valence-electron chi connectivity index (χ4n) is 3.22. The van der Waals surface area contributed by atoms with Crippen molar-refractivity contribution in [2.45, 2.75) is 13.0 Å². The minimum absolute atomic E-state index is 0.186. The van der Waals surface area contributed by atoms with Crippen molar-refractivity contribution in [3.8, 4) is 5.82 Å². The maximum absolute atomic E-state index is 13.3. The van der Waals surface area contributed by atoms with E-state index in [1.165, 1.54) is 29.1 Å². The summed E-state index contributed by atoms with van der Waals surface area (Å²) in [6.07, 6.45) is 4.63. The van der Waals surface area contributed by atoms with E-state index in [0.717, 1.165) is 5.56 Å². The van der Waals surface area contributed by atoms with E-state index in [1.54, 1.807) is 36.7 Å². The Hall–Kier alpha value is -3.73. The number of carbonyl (C=O) groups is 1. The van der Waals surface area contributed by atoms with E-state index in [4.69, 9.17) is 23.2 Å². The Morgan fingerprint density at radius 3 is 2.77 bits per heavy atom. The number of aryl methyl sites for hydroxylation is 1. The third-order valence-corrected chi connectivity index (χ3v) is 5.47. The van der Waals surface area contributed by atoms with Gasteiger partial charge in [-0.2, -0.15) is 10.1 Å². The molecule has 0 fully saturated rings. The molecule has 9 nitrogen and oxygen atoms in total. The molecular weight excluding hydrogens is 496 g/mol. The smallest absolute Gasteiger partial charge is 0.319 e. The summed E-state index contributed by atoms with van der Waals surface area (Å²) in [5, 5.41) is 23.0. The van der Waals surface area contributed by atoms with E-state index in [1.807, 2.05) is 6.92 Å². The Balaban J connectivity index is 1.47. The van der Waals surface area contributed by atoms with Gasteiger partial charge in [0.1, 0.15) is 5.82 Å². The average molecular weight is 516 g/mol. The van der Waals surface area contributed by atoms with Gasteiger partial charge in [-0.3, -0.25) is 0 Å². The zero-order chi connectivity index (χ0) is 24.9. The second-order valence-corrected chi connectivity index (χ2v) is 8.36. The number of urea groups is 1. The van der Waals surface area contributed by atoms with Gasteiger partial charge in [0.15, 0.2) is 5.82 Å². The number of nitrogens with zero attached hydrogens (tertiary/aromatic N) is 4. The molecule has 0 saturated heterocycles. The zero-order valence-electron chi connectivity index (χ0n) is 18.3. The molecule has 0 bridgehead atoms. The quantitative estimate of drug-likeness (QED) is 0.274. The molecule has 35 heavy (non-hydrogen) atoms. The van der Waals surface area contributed by atoms with E-state index in [2.05, 4.69) is 31.0 Å². The highest BCUT2D eigenvalue weighted by molar-refractivity contribution is 6.33. The minimum Gasteiger partial charge on any atom is -0.394 e. The standard InChI is InChI=1S/C23H20Cl2FN7O2/c1-13-9-27-22(30-19-6-5-16(26)8-18(19)25)32-21(13)33-11-17(10-28-33)29-23(35)31-20(12-34)14-3-2-4-15(24)7-14/h2-11,20,34H,12H2,1H3,(H,27,30,32)(H2,29,31,35). The molecule has 1 atom stereocenters. The third-order valence-electron chi connectivity index (χ3n) is 4.92. The van der Waals surface area contributed by atoms with Crippen LogP contribution in [0.4, 0.5) is 26.5 Å². The highest BCUT2D eigenvalue weighted by Crippen LogP contribution is 2.25. The highest BCUT2D eigenvalue weighted by atomic mass is 35.5. The summed E-state index contributed by atoms with van der Waals surface area (Å²) in [5.74, 6) is 0.236. The van der Waals surface area contributed by atoms with E-state index in [-0.39, 0.29) is 17.6 Å². The normalized spacial score (nSPS) is 11.7. The fraction of sp³-hybridized carbons (Fsp3) is 0.130. The molecular formula is C23H20Cl2FN7O2. The molecule has 1 unspecified atom stereocenters. The molecule has 0 aliphatic rings. The topological polar surface area (TPSA) is 117 Å². The van der Waals surface area contributed by atoms with Crippen LogP contribution in [0.25, 0.3) is 5.82 Å². The lowest BCUT2D eigenvalue weighted by molar-refractivity contribution is 0.225. The Labute approximate surface area is 209 Å². The van der Waals surface area contributed by atoms with Crippen molar-refractivity contribution in [2.75, 3.05) is 17.2 Å². The van der Waals surface area contributed by atoms with Crippen molar-refractivity contribution in [2.24, 2.45) is 0 Å². The van der Waals surface area contributed by atoms with Crippen LogP contribution in [0.2, 0.25) is 10.0 Å². The van der Waals surface area contributed by atoms with Crippen molar-refractivity contribution in [3.05, 3.63) is 88.0 Å². The van der Waals surface area contributed by atoms with Crippen molar-refractivity contribution in [1.82, 2.24) is 25.1 Å². The molecule has 2 aromatic heterocycles. The summed E-state index contributed by atoms with van der Waals surface area (Å²) in [5.41, 5.74) is 2.24. The zero-order valence-corrected chi connectivity index (χ0v) is 19.8. The fourth-order valence-corrected chi connectivity index (χ4v) is 3.64. The van der Waals surface area contributed by atoms with Gasteiger partial charge in [-0.05, 0) is 42.8 Å². The van der Waals surface area contributed by atoms with Crippen LogP contribution in [0.3, 0.4) is 0 Å². The summed E-state index contributed by atoms with van der Waals surface area (Å²) < 4.78 is 14.8. The number of aliphatic hydroxyl groups excluding tert-OH is 1. The van der Waals surface area contributed by atoms with Crippen LogP contribution in [-0.4, -0.2) is 37.5 Å². The molecule has 180 valence electrons. The van der Waals surface area contributed by atoms with Crippen LogP contribution in [0.15, 0.2) is 61.1 Å². The van der Waals surface area contributed by atoms with Crippen LogP contribution in [0, 0.1) is 12.7 Å². The van der Waals surface area contributed by atoms with Crippen LogP contribution in [-0.2, 0) is 0 Å².